The number of ether oxygens (including phenoxy) is 3. The van der Waals surface area contributed by atoms with Gasteiger partial charge in [-0.05, 0) is 60.1 Å². The van der Waals surface area contributed by atoms with Crippen LogP contribution in [0, 0.1) is 0 Å². The number of fused-ring (bicyclic) bond motifs is 1. The van der Waals surface area contributed by atoms with Crippen LogP contribution in [-0.2, 0) is 9.22 Å². The van der Waals surface area contributed by atoms with Crippen LogP contribution in [-0.4, -0.2) is 34.6 Å². The monoisotopic (exact) mass is 472 g/mol. The van der Waals surface area contributed by atoms with Crippen LogP contribution in [0.15, 0.2) is 30.3 Å². The minimum atomic E-state index is -1.84. The van der Waals surface area contributed by atoms with E-state index in [4.69, 9.17) is 18.6 Å². The molecule has 2 aromatic carbocycles. The van der Waals surface area contributed by atoms with Gasteiger partial charge in [0, 0.05) is 19.1 Å². The van der Waals surface area contributed by atoms with Gasteiger partial charge in [-0.2, -0.15) is 0 Å². The third-order valence-electron chi connectivity index (χ3n) is 6.27. The fraction of sp³-hybridized carbons (Fsp3) is 0.519. The van der Waals surface area contributed by atoms with Crippen LogP contribution in [0.2, 0.25) is 18.1 Å². The van der Waals surface area contributed by atoms with Gasteiger partial charge < -0.3 is 18.6 Å². The molecule has 1 unspecified atom stereocenters. The molecule has 0 radical (unpaired) electrons. The molecule has 0 spiro atoms. The molecule has 2 rings (SSSR count). The van der Waals surface area contributed by atoms with Gasteiger partial charge in [-0.1, -0.05) is 46.3 Å². The van der Waals surface area contributed by atoms with Gasteiger partial charge in [-0.3, -0.25) is 4.79 Å². The summed E-state index contributed by atoms with van der Waals surface area (Å²) in [7, 11) is 1.37. The van der Waals surface area contributed by atoms with Crippen molar-refractivity contribution in [3.05, 3.63) is 35.9 Å². The molecule has 6 heteroatoms. The number of methoxy groups -OCH3 is 2. The molecule has 0 saturated carbocycles. The van der Waals surface area contributed by atoms with Crippen molar-refractivity contribution in [2.75, 3.05) is 14.2 Å². The van der Waals surface area contributed by atoms with E-state index in [-0.39, 0.29) is 17.1 Å². The van der Waals surface area contributed by atoms with Crippen LogP contribution in [0.1, 0.15) is 59.4 Å². The minimum Gasteiger partial charge on any atom is -0.497 e. The molecule has 0 amide bonds. The first-order chi connectivity index (χ1) is 15.4. The second kappa shape index (κ2) is 11.2. The van der Waals surface area contributed by atoms with Gasteiger partial charge in [-0.25, -0.2) is 0 Å². The average Bonchev–Trinajstić information content (AvgIpc) is 2.71. The lowest BCUT2D eigenvalue weighted by Gasteiger charge is -2.39. The zero-order valence-electron chi connectivity index (χ0n) is 21.7. The lowest BCUT2D eigenvalue weighted by atomic mass is 10.0. The van der Waals surface area contributed by atoms with Gasteiger partial charge in [0.2, 0.25) is 0 Å². The number of rotatable bonds is 10. The fourth-order valence-corrected chi connectivity index (χ4v) is 4.94. The van der Waals surface area contributed by atoms with Gasteiger partial charge in [0.25, 0.3) is 0 Å². The number of hydrogen-bond acceptors (Lipinski definition) is 5. The van der Waals surface area contributed by atoms with Crippen molar-refractivity contribution in [3.8, 4) is 17.2 Å². The molecule has 0 N–H and O–H groups in total. The van der Waals surface area contributed by atoms with Gasteiger partial charge in [0.1, 0.15) is 17.2 Å². The Bertz CT molecular complexity index is 988. The smallest absolute Gasteiger partial charge is 0.308 e. The predicted octanol–water partition coefficient (Wildman–Crippen LogP) is 7.38. The molecular weight excluding hydrogens is 432 g/mol. The van der Waals surface area contributed by atoms with Crippen molar-refractivity contribution in [2.45, 2.75) is 78.1 Å². The van der Waals surface area contributed by atoms with Gasteiger partial charge in [-0.15, -0.1) is 0 Å². The summed E-state index contributed by atoms with van der Waals surface area (Å²) in [5, 5.41) is 1.81. The topological polar surface area (TPSA) is 54.0 Å². The first kappa shape index (κ1) is 26.9. The summed E-state index contributed by atoms with van der Waals surface area (Å²) in [6.45, 7) is 15.0. The summed E-state index contributed by atoms with van der Waals surface area (Å²) in [4.78, 5) is 11.8. The Morgan fingerprint density at radius 1 is 1.06 bits per heavy atom. The maximum absolute atomic E-state index is 11.8. The molecular formula is C27H40O5Si. The highest BCUT2D eigenvalue weighted by atomic mass is 28.4. The van der Waals surface area contributed by atoms with E-state index in [1.165, 1.54) is 6.92 Å². The van der Waals surface area contributed by atoms with Crippen LogP contribution in [0.4, 0.5) is 0 Å². The van der Waals surface area contributed by atoms with E-state index in [1.807, 2.05) is 18.2 Å². The summed E-state index contributed by atoms with van der Waals surface area (Å²) < 4.78 is 23.2. The molecule has 0 aromatic heterocycles. The minimum absolute atomic E-state index is 0.179. The SMILES string of the molecule is CCCC(C/C=C/c1cc(OC(C)=O)c2c(OC)cc(OC)cc2c1)O[Si](C)(C)C(C)(C)C. The van der Waals surface area contributed by atoms with Crippen molar-refractivity contribution >= 4 is 31.1 Å². The van der Waals surface area contributed by atoms with Crippen LogP contribution >= 0.6 is 0 Å². The van der Waals surface area contributed by atoms with Gasteiger partial charge >= 0.3 is 5.97 Å². The molecule has 0 aliphatic heterocycles. The van der Waals surface area contributed by atoms with Gasteiger partial charge in [0.05, 0.1) is 19.6 Å². The van der Waals surface area contributed by atoms with Crippen LogP contribution < -0.4 is 14.2 Å². The van der Waals surface area contributed by atoms with Crippen LogP contribution in [0.3, 0.4) is 0 Å². The highest BCUT2D eigenvalue weighted by Crippen LogP contribution is 2.40. The summed E-state index contributed by atoms with van der Waals surface area (Å²) in [5.41, 5.74) is 0.941. The van der Waals surface area contributed by atoms with E-state index >= 15 is 0 Å². The summed E-state index contributed by atoms with van der Waals surface area (Å²) in [6.07, 6.45) is 7.37. The Hall–Kier alpha value is -2.31. The third-order valence-corrected chi connectivity index (χ3v) is 10.8. The first-order valence-electron chi connectivity index (χ1n) is 11.6. The van der Waals surface area contributed by atoms with Crippen LogP contribution in [0.5, 0.6) is 17.2 Å². The van der Waals surface area contributed by atoms with Crippen molar-refractivity contribution in [1.29, 1.82) is 0 Å². The Labute approximate surface area is 200 Å². The molecule has 0 heterocycles. The maximum atomic E-state index is 11.8. The summed E-state index contributed by atoms with van der Waals surface area (Å²) in [5.74, 6) is 1.38. The average molecular weight is 473 g/mol. The van der Waals surface area contributed by atoms with Crippen LogP contribution in [0.25, 0.3) is 16.8 Å². The quantitative estimate of drug-likeness (QED) is 0.205. The molecule has 5 nitrogen and oxygen atoms in total. The van der Waals surface area contributed by atoms with Crippen molar-refractivity contribution in [2.24, 2.45) is 0 Å². The molecule has 0 saturated heterocycles. The largest absolute Gasteiger partial charge is 0.497 e. The lowest BCUT2D eigenvalue weighted by molar-refractivity contribution is -0.131. The number of esters is 1. The standard InChI is InChI=1S/C27H40O5Si/c1-10-12-22(32-33(8,9)27(3,4)5)14-11-13-20-15-21-17-23(29-6)18-24(30-7)26(21)25(16-20)31-19(2)28/h11,13,15-18,22H,10,12,14H2,1-9H3/b13-11+. The number of benzene rings is 2. The normalized spacial score (nSPS) is 13.4. The number of hydrogen-bond donors (Lipinski definition) is 0. The Kier molecular flexibility index (Phi) is 9.15. The van der Waals surface area contributed by atoms with Gasteiger partial charge in [0.15, 0.2) is 8.32 Å². The fourth-order valence-electron chi connectivity index (χ4n) is 3.54. The summed E-state index contributed by atoms with van der Waals surface area (Å²) in [6, 6.07) is 7.63. The highest BCUT2D eigenvalue weighted by Gasteiger charge is 2.38. The Balaban J connectivity index is 2.38. The maximum Gasteiger partial charge on any atom is 0.308 e. The molecule has 182 valence electrons. The first-order valence-corrected chi connectivity index (χ1v) is 14.5. The molecule has 0 bridgehead atoms. The molecule has 2 aromatic rings. The van der Waals surface area contributed by atoms with E-state index in [0.29, 0.717) is 17.2 Å². The molecule has 0 fully saturated rings. The lowest BCUT2D eigenvalue weighted by Crippen LogP contribution is -2.43. The Morgan fingerprint density at radius 2 is 1.76 bits per heavy atom. The van der Waals surface area contributed by atoms with E-state index in [0.717, 1.165) is 35.6 Å². The second-order valence-corrected chi connectivity index (χ2v) is 14.7. The zero-order chi connectivity index (χ0) is 24.8. The summed E-state index contributed by atoms with van der Waals surface area (Å²) >= 11 is 0. The number of carbonyl (C=O) groups is 1. The van der Waals surface area contributed by atoms with Crippen molar-refractivity contribution in [3.63, 3.8) is 0 Å². The van der Waals surface area contributed by atoms with E-state index in [9.17, 15) is 4.79 Å². The molecule has 1 atom stereocenters. The molecule has 33 heavy (non-hydrogen) atoms. The zero-order valence-corrected chi connectivity index (χ0v) is 22.7. The van der Waals surface area contributed by atoms with E-state index in [2.05, 4.69) is 52.9 Å². The predicted molar refractivity (Wildman–Crippen MR) is 139 cm³/mol. The third kappa shape index (κ3) is 7.08. The number of carbonyl (C=O) groups excluding carboxylic acids is 1. The Morgan fingerprint density at radius 3 is 2.30 bits per heavy atom. The van der Waals surface area contributed by atoms with Crippen molar-refractivity contribution < 1.29 is 23.4 Å². The highest BCUT2D eigenvalue weighted by molar-refractivity contribution is 6.74. The second-order valence-electron chi connectivity index (χ2n) is 9.97. The van der Waals surface area contributed by atoms with E-state index in [1.54, 1.807) is 20.3 Å². The van der Waals surface area contributed by atoms with E-state index < -0.39 is 8.32 Å². The van der Waals surface area contributed by atoms with Crippen molar-refractivity contribution in [1.82, 2.24) is 0 Å². The molecule has 0 aliphatic rings. The molecule has 0 aliphatic carbocycles.